The van der Waals surface area contributed by atoms with Gasteiger partial charge in [0.2, 0.25) is 11.8 Å². The van der Waals surface area contributed by atoms with E-state index in [4.69, 9.17) is 11.5 Å². The van der Waals surface area contributed by atoms with Crippen molar-refractivity contribution in [2.24, 2.45) is 0 Å². The molecule has 2 rings (SSSR count). The zero-order valence-corrected chi connectivity index (χ0v) is 14.1. The lowest BCUT2D eigenvalue weighted by Crippen LogP contribution is -2.13. The average Bonchev–Trinajstić information content (AvgIpc) is 2.56. The molecule has 0 heterocycles. The SMILES string of the molecule is Nc1cccc(NC(=O)CCCCCC(=O)Nc2ccccc2N)c1. The van der Waals surface area contributed by atoms with Crippen LogP contribution in [0.1, 0.15) is 32.1 Å². The minimum absolute atomic E-state index is 0.0490. The Balaban J connectivity index is 1.60. The highest BCUT2D eigenvalue weighted by Crippen LogP contribution is 2.17. The lowest BCUT2D eigenvalue weighted by atomic mass is 10.1. The van der Waals surface area contributed by atoms with Crippen molar-refractivity contribution in [1.29, 1.82) is 0 Å². The van der Waals surface area contributed by atoms with E-state index in [-0.39, 0.29) is 11.8 Å². The van der Waals surface area contributed by atoms with Crippen molar-refractivity contribution in [2.45, 2.75) is 32.1 Å². The Kier molecular flexibility index (Phi) is 6.83. The van der Waals surface area contributed by atoms with Crippen molar-refractivity contribution in [2.75, 3.05) is 22.1 Å². The number of nitrogens with two attached hydrogens (primary N) is 2. The summed E-state index contributed by atoms with van der Waals surface area (Å²) in [5.41, 5.74) is 14.0. The van der Waals surface area contributed by atoms with E-state index in [1.54, 1.807) is 36.4 Å². The highest BCUT2D eigenvalue weighted by atomic mass is 16.2. The molecule has 0 fully saturated rings. The molecule has 0 bridgehead atoms. The van der Waals surface area contributed by atoms with Crippen LogP contribution < -0.4 is 22.1 Å². The van der Waals surface area contributed by atoms with E-state index in [1.165, 1.54) is 0 Å². The number of para-hydroxylation sites is 2. The van der Waals surface area contributed by atoms with Gasteiger partial charge in [0.05, 0.1) is 11.4 Å². The Labute approximate surface area is 147 Å². The molecule has 0 aromatic heterocycles. The monoisotopic (exact) mass is 340 g/mol. The van der Waals surface area contributed by atoms with Gasteiger partial charge in [-0.05, 0) is 43.2 Å². The molecular weight excluding hydrogens is 316 g/mol. The predicted molar refractivity (Wildman–Crippen MR) is 102 cm³/mol. The van der Waals surface area contributed by atoms with Gasteiger partial charge in [-0.3, -0.25) is 9.59 Å². The molecule has 0 saturated carbocycles. The first-order chi connectivity index (χ1) is 12.0. The van der Waals surface area contributed by atoms with Gasteiger partial charge in [0.1, 0.15) is 0 Å². The molecule has 2 amide bonds. The van der Waals surface area contributed by atoms with Crippen LogP contribution in [0.4, 0.5) is 22.7 Å². The van der Waals surface area contributed by atoms with Gasteiger partial charge < -0.3 is 22.1 Å². The first-order valence-corrected chi connectivity index (χ1v) is 8.34. The molecule has 0 unspecified atom stereocenters. The summed E-state index contributed by atoms with van der Waals surface area (Å²) >= 11 is 0. The van der Waals surface area contributed by atoms with Gasteiger partial charge in [-0.15, -0.1) is 0 Å². The number of nitrogens with one attached hydrogen (secondary N) is 2. The highest BCUT2D eigenvalue weighted by Gasteiger charge is 2.06. The van der Waals surface area contributed by atoms with Crippen molar-refractivity contribution in [3.05, 3.63) is 48.5 Å². The number of rotatable bonds is 8. The lowest BCUT2D eigenvalue weighted by molar-refractivity contribution is -0.116. The van der Waals surface area contributed by atoms with Crippen molar-refractivity contribution >= 4 is 34.6 Å². The third-order valence-corrected chi connectivity index (χ3v) is 3.71. The first-order valence-electron chi connectivity index (χ1n) is 8.34. The fraction of sp³-hybridized carbons (Fsp3) is 0.263. The highest BCUT2D eigenvalue weighted by molar-refractivity contribution is 5.93. The van der Waals surface area contributed by atoms with Crippen LogP contribution in [0.5, 0.6) is 0 Å². The van der Waals surface area contributed by atoms with Gasteiger partial charge >= 0.3 is 0 Å². The zero-order chi connectivity index (χ0) is 18.1. The molecule has 6 N–H and O–H groups in total. The summed E-state index contributed by atoms with van der Waals surface area (Å²) in [5.74, 6) is -0.116. The molecule has 6 heteroatoms. The molecule has 0 aliphatic heterocycles. The van der Waals surface area contributed by atoms with E-state index in [2.05, 4.69) is 10.6 Å². The summed E-state index contributed by atoms with van der Waals surface area (Å²) in [7, 11) is 0. The molecule has 6 nitrogen and oxygen atoms in total. The minimum atomic E-state index is -0.0675. The van der Waals surface area contributed by atoms with Crippen LogP contribution in [-0.4, -0.2) is 11.8 Å². The first kappa shape index (κ1) is 18.3. The summed E-state index contributed by atoms with van der Waals surface area (Å²) < 4.78 is 0. The van der Waals surface area contributed by atoms with Gasteiger partial charge in [-0.1, -0.05) is 24.6 Å². The number of hydrogen-bond donors (Lipinski definition) is 4. The molecule has 25 heavy (non-hydrogen) atoms. The normalized spacial score (nSPS) is 10.2. The molecule has 0 atom stereocenters. The van der Waals surface area contributed by atoms with Crippen molar-refractivity contribution in [3.63, 3.8) is 0 Å². The van der Waals surface area contributed by atoms with Gasteiger partial charge in [0.25, 0.3) is 0 Å². The van der Waals surface area contributed by atoms with Gasteiger partial charge in [0.15, 0.2) is 0 Å². The van der Waals surface area contributed by atoms with Crippen LogP contribution in [0.3, 0.4) is 0 Å². The molecule has 132 valence electrons. The van der Waals surface area contributed by atoms with E-state index in [0.717, 1.165) is 19.3 Å². The molecule has 0 aliphatic carbocycles. The Morgan fingerprint density at radius 3 is 2.16 bits per heavy atom. The van der Waals surface area contributed by atoms with Crippen LogP contribution >= 0.6 is 0 Å². The van der Waals surface area contributed by atoms with Crippen molar-refractivity contribution in [3.8, 4) is 0 Å². The third-order valence-electron chi connectivity index (χ3n) is 3.71. The number of carbonyl (C=O) groups excluding carboxylic acids is 2. The van der Waals surface area contributed by atoms with Gasteiger partial charge in [-0.2, -0.15) is 0 Å². The predicted octanol–water partition coefficient (Wildman–Crippen LogP) is 3.38. The number of benzene rings is 2. The van der Waals surface area contributed by atoms with Crippen LogP contribution in [0.15, 0.2) is 48.5 Å². The molecule has 0 spiro atoms. The van der Waals surface area contributed by atoms with E-state index in [0.29, 0.717) is 35.6 Å². The molecule has 2 aromatic rings. The third kappa shape index (κ3) is 6.55. The topological polar surface area (TPSA) is 110 Å². The number of hydrogen-bond acceptors (Lipinski definition) is 4. The summed E-state index contributed by atoms with van der Waals surface area (Å²) in [6, 6.07) is 14.2. The summed E-state index contributed by atoms with van der Waals surface area (Å²) in [6.45, 7) is 0. The number of carbonyl (C=O) groups is 2. The van der Waals surface area contributed by atoms with Crippen LogP contribution in [0, 0.1) is 0 Å². The van der Waals surface area contributed by atoms with Gasteiger partial charge in [-0.25, -0.2) is 0 Å². The maximum Gasteiger partial charge on any atom is 0.224 e. The largest absolute Gasteiger partial charge is 0.399 e. The fourth-order valence-corrected chi connectivity index (χ4v) is 2.41. The standard InChI is InChI=1S/C19H24N4O2/c20-14-7-6-8-15(13-14)22-18(24)11-2-1-3-12-19(25)23-17-10-5-4-9-16(17)21/h4-10,13H,1-3,11-12,20-21H2,(H,22,24)(H,23,25). The number of amides is 2. The Bertz CT molecular complexity index is 731. The quantitative estimate of drug-likeness (QED) is 0.436. The maximum atomic E-state index is 11.9. The maximum absolute atomic E-state index is 11.9. The average molecular weight is 340 g/mol. The fourth-order valence-electron chi connectivity index (χ4n) is 2.41. The second-order valence-electron chi connectivity index (χ2n) is 5.87. The zero-order valence-electron chi connectivity index (χ0n) is 14.1. The minimum Gasteiger partial charge on any atom is -0.399 e. The molecular formula is C19H24N4O2. The molecule has 0 radical (unpaired) electrons. The molecule has 2 aromatic carbocycles. The second kappa shape index (κ2) is 9.32. The summed E-state index contributed by atoms with van der Waals surface area (Å²) in [5, 5.41) is 5.60. The number of unbranched alkanes of at least 4 members (excludes halogenated alkanes) is 2. The second-order valence-corrected chi connectivity index (χ2v) is 5.87. The van der Waals surface area contributed by atoms with E-state index < -0.39 is 0 Å². The van der Waals surface area contributed by atoms with Crippen molar-refractivity contribution in [1.82, 2.24) is 0 Å². The van der Waals surface area contributed by atoms with Crippen molar-refractivity contribution < 1.29 is 9.59 Å². The summed E-state index contributed by atoms with van der Waals surface area (Å²) in [4.78, 5) is 23.7. The lowest BCUT2D eigenvalue weighted by Gasteiger charge is -2.08. The summed E-state index contributed by atoms with van der Waals surface area (Å²) in [6.07, 6.45) is 3.09. The van der Waals surface area contributed by atoms with E-state index in [9.17, 15) is 9.59 Å². The number of anilines is 4. The molecule has 0 saturated heterocycles. The van der Waals surface area contributed by atoms with Crippen LogP contribution in [-0.2, 0) is 9.59 Å². The number of nitrogen functional groups attached to an aromatic ring is 2. The van der Waals surface area contributed by atoms with Crippen LogP contribution in [0.25, 0.3) is 0 Å². The van der Waals surface area contributed by atoms with Gasteiger partial charge in [0, 0.05) is 24.2 Å². The van der Waals surface area contributed by atoms with E-state index >= 15 is 0 Å². The molecule has 0 aliphatic rings. The Hall–Kier alpha value is -3.02. The Morgan fingerprint density at radius 2 is 1.48 bits per heavy atom. The Morgan fingerprint density at radius 1 is 0.800 bits per heavy atom. The van der Waals surface area contributed by atoms with E-state index in [1.807, 2.05) is 12.1 Å². The smallest absolute Gasteiger partial charge is 0.224 e. The van der Waals surface area contributed by atoms with Crippen LogP contribution in [0.2, 0.25) is 0 Å².